The van der Waals surface area contributed by atoms with Crippen LogP contribution in [0.3, 0.4) is 0 Å². The zero-order valence-electron chi connectivity index (χ0n) is 16.2. The van der Waals surface area contributed by atoms with Crippen LogP contribution in [0.1, 0.15) is 32.3 Å². The van der Waals surface area contributed by atoms with Crippen LogP contribution in [0, 0.1) is 0 Å². The van der Waals surface area contributed by atoms with Crippen LogP contribution in [-0.2, 0) is 14.3 Å². The van der Waals surface area contributed by atoms with Gasteiger partial charge < -0.3 is 20.7 Å². The van der Waals surface area contributed by atoms with E-state index in [0.717, 1.165) is 5.56 Å². The van der Waals surface area contributed by atoms with Gasteiger partial charge in [0.05, 0.1) is 0 Å². The van der Waals surface area contributed by atoms with Crippen LogP contribution >= 0.6 is 0 Å². The van der Waals surface area contributed by atoms with Crippen molar-refractivity contribution in [3.63, 3.8) is 0 Å². The molecular weight excluding hydrogens is 358 g/mol. The smallest absolute Gasteiger partial charge is 0.328 e. The van der Waals surface area contributed by atoms with Gasteiger partial charge in [-0.25, -0.2) is 9.59 Å². The number of rotatable bonds is 7. The van der Waals surface area contributed by atoms with Crippen LogP contribution in [0.15, 0.2) is 54.6 Å². The summed E-state index contributed by atoms with van der Waals surface area (Å²) in [5.41, 5.74) is 2.28. The van der Waals surface area contributed by atoms with Crippen LogP contribution < -0.4 is 16.0 Å². The first-order chi connectivity index (χ1) is 13.4. The number of amides is 3. The first kappa shape index (κ1) is 21.0. The monoisotopic (exact) mass is 383 g/mol. The normalized spacial score (nSPS) is 11.4. The maximum Gasteiger partial charge on any atom is 0.328 e. The fraction of sp³-hybridized carbons (Fsp3) is 0.286. The fourth-order valence-corrected chi connectivity index (χ4v) is 2.51. The molecule has 7 nitrogen and oxygen atoms in total. The van der Waals surface area contributed by atoms with Gasteiger partial charge in [0.25, 0.3) is 5.91 Å². The maximum atomic E-state index is 12.1. The summed E-state index contributed by atoms with van der Waals surface area (Å²) in [5, 5.41) is 7.82. The average molecular weight is 383 g/mol. The molecule has 3 N–H and O–H groups in total. The topological polar surface area (TPSA) is 96.5 Å². The van der Waals surface area contributed by atoms with Gasteiger partial charge in [-0.3, -0.25) is 4.79 Å². The van der Waals surface area contributed by atoms with Crippen molar-refractivity contribution in [2.75, 3.05) is 17.2 Å². The van der Waals surface area contributed by atoms with E-state index in [1.165, 1.54) is 6.92 Å². The standard InChI is InChI=1S/C21H25N3O4/c1-14(2)17-11-7-8-12-18(17)24-19(25)13-28-20(26)15(3)22-21(27)23-16-9-5-4-6-10-16/h4-12,14-15H,13H2,1-3H3,(H,24,25)(H2,22,23,27)/t15-/m0/s1. The number of urea groups is 1. The second kappa shape index (κ2) is 10.1. The van der Waals surface area contributed by atoms with Gasteiger partial charge in [0, 0.05) is 11.4 Å². The molecular formula is C21H25N3O4. The molecule has 148 valence electrons. The van der Waals surface area contributed by atoms with Crippen molar-refractivity contribution in [1.82, 2.24) is 5.32 Å². The molecule has 0 spiro atoms. The van der Waals surface area contributed by atoms with E-state index in [1.54, 1.807) is 30.3 Å². The molecule has 7 heteroatoms. The number of nitrogens with one attached hydrogen (secondary N) is 3. The van der Waals surface area contributed by atoms with Crippen molar-refractivity contribution >= 4 is 29.3 Å². The van der Waals surface area contributed by atoms with Crippen LogP contribution in [-0.4, -0.2) is 30.6 Å². The van der Waals surface area contributed by atoms with E-state index in [2.05, 4.69) is 16.0 Å². The molecule has 0 radical (unpaired) electrons. The lowest BCUT2D eigenvalue weighted by atomic mass is 10.0. The fourth-order valence-electron chi connectivity index (χ4n) is 2.51. The number of ether oxygens (including phenoxy) is 1. The van der Waals surface area contributed by atoms with Crippen LogP contribution in [0.4, 0.5) is 16.2 Å². The summed E-state index contributed by atoms with van der Waals surface area (Å²) in [6.07, 6.45) is 0. The second-order valence-corrected chi connectivity index (χ2v) is 6.58. The highest BCUT2D eigenvalue weighted by molar-refractivity contribution is 5.95. The van der Waals surface area contributed by atoms with E-state index in [0.29, 0.717) is 11.4 Å². The predicted octanol–water partition coefficient (Wildman–Crippen LogP) is 3.50. The van der Waals surface area contributed by atoms with Gasteiger partial charge in [-0.05, 0) is 36.6 Å². The molecule has 3 amide bonds. The first-order valence-corrected chi connectivity index (χ1v) is 9.04. The minimum Gasteiger partial charge on any atom is -0.454 e. The molecule has 0 bridgehead atoms. The number of carbonyl (C=O) groups excluding carboxylic acids is 3. The maximum absolute atomic E-state index is 12.1. The van der Waals surface area contributed by atoms with E-state index in [-0.39, 0.29) is 5.92 Å². The highest BCUT2D eigenvalue weighted by atomic mass is 16.5. The molecule has 0 aliphatic heterocycles. The molecule has 2 rings (SSSR count). The Morgan fingerprint density at radius 2 is 1.54 bits per heavy atom. The van der Waals surface area contributed by atoms with Gasteiger partial charge in [0.1, 0.15) is 6.04 Å². The summed E-state index contributed by atoms with van der Waals surface area (Å²) in [7, 11) is 0. The number of hydrogen-bond acceptors (Lipinski definition) is 4. The lowest BCUT2D eigenvalue weighted by molar-refractivity contribution is -0.148. The highest BCUT2D eigenvalue weighted by Crippen LogP contribution is 2.23. The Morgan fingerprint density at radius 1 is 0.893 bits per heavy atom. The molecule has 0 heterocycles. The average Bonchev–Trinajstić information content (AvgIpc) is 2.67. The van der Waals surface area contributed by atoms with E-state index >= 15 is 0 Å². The van der Waals surface area contributed by atoms with E-state index < -0.39 is 30.6 Å². The highest BCUT2D eigenvalue weighted by Gasteiger charge is 2.19. The zero-order chi connectivity index (χ0) is 20.5. The Labute approximate surface area is 164 Å². The first-order valence-electron chi connectivity index (χ1n) is 9.04. The van der Waals surface area contributed by atoms with Crippen LogP contribution in [0.5, 0.6) is 0 Å². The molecule has 2 aromatic rings. The molecule has 1 atom stereocenters. The SMILES string of the molecule is CC(C)c1ccccc1NC(=O)COC(=O)[C@H](C)NC(=O)Nc1ccccc1. The van der Waals surface area contributed by atoms with Crippen molar-refractivity contribution in [2.45, 2.75) is 32.7 Å². The van der Waals surface area contributed by atoms with Crippen LogP contribution in [0.25, 0.3) is 0 Å². The van der Waals surface area contributed by atoms with E-state index in [9.17, 15) is 14.4 Å². The van der Waals surface area contributed by atoms with E-state index in [1.807, 2.05) is 38.1 Å². The molecule has 28 heavy (non-hydrogen) atoms. The predicted molar refractivity (Wildman–Crippen MR) is 108 cm³/mol. The van der Waals surface area contributed by atoms with Crippen molar-refractivity contribution in [3.05, 3.63) is 60.2 Å². The van der Waals surface area contributed by atoms with Crippen molar-refractivity contribution in [2.24, 2.45) is 0 Å². The quantitative estimate of drug-likeness (QED) is 0.638. The Hall–Kier alpha value is -3.35. The summed E-state index contributed by atoms with van der Waals surface area (Å²) in [4.78, 5) is 36.0. The Morgan fingerprint density at radius 3 is 2.21 bits per heavy atom. The summed E-state index contributed by atoms with van der Waals surface area (Å²) >= 11 is 0. The third-order valence-corrected chi connectivity index (χ3v) is 3.94. The minimum atomic E-state index is -0.903. The molecule has 0 aromatic heterocycles. The molecule has 0 aliphatic carbocycles. The number of hydrogen-bond donors (Lipinski definition) is 3. The lowest BCUT2D eigenvalue weighted by Gasteiger charge is -2.15. The van der Waals surface area contributed by atoms with E-state index in [4.69, 9.17) is 4.74 Å². The van der Waals surface area contributed by atoms with Crippen LogP contribution in [0.2, 0.25) is 0 Å². The third-order valence-electron chi connectivity index (χ3n) is 3.94. The van der Waals surface area contributed by atoms with Crippen molar-refractivity contribution in [1.29, 1.82) is 0 Å². The summed E-state index contributed by atoms with van der Waals surface area (Å²) in [6, 6.07) is 14.9. The Kier molecular flexibility index (Phi) is 7.56. The second-order valence-electron chi connectivity index (χ2n) is 6.58. The molecule has 2 aromatic carbocycles. The molecule has 0 unspecified atom stereocenters. The molecule has 0 saturated heterocycles. The minimum absolute atomic E-state index is 0.242. The van der Waals surface area contributed by atoms with Crippen molar-refractivity contribution < 1.29 is 19.1 Å². The summed E-state index contributed by atoms with van der Waals surface area (Å²) < 4.78 is 5.00. The number of anilines is 2. The molecule has 0 saturated carbocycles. The van der Waals surface area contributed by atoms with Gasteiger partial charge in [-0.2, -0.15) is 0 Å². The summed E-state index contributed by atoms with van der Waals surface area (Å²) in [6.45, 7) is 5.11. The number of esters is 1. The Bertz CT molecular complexity index is 821. The zero-order valence-corrected chi connectivity index (χ0v) is 16.2. The number of para-hydroxylation sites is 2. The van der Waals surface area contributed by atoms with Gasteiger partial charge in [-0.1, -0.05) is 50.2 Å². The Balaban J connectivity index is 1.79. The van der Waals surface area contributed by atoms with Gasteiger partial charge in [-0.15, -0.1) is 0 Å². The lowest BCUT2D eigenvalue weighted by Crippen LogP contribution is -2.42. The summed E-state index contributed by atoms with van der Waals surface area (Å²) in [5.74, 6) is -0.899. The number of benzene rings is 2. The number of carbonyl (C=O) groups is 3. The van der Waals surface area contributed by atoms with Gasteiger partial charge >= 0.3 is 12.0 Å². The largest absolute Gasteiger partial charge is 0.454 e. The molecule has 0 aliphatic rings. The third kappa shape index (κ3) is 6.42. The van der Waals surface area contributed by atoms with Gasteiger partial charge in [0.2, 0.25) is 0 Å². The van der Waals surface area contributed by atoms with Crippen molar-refractivity contribution in [3.8, 4) is 0 Å². The van der Waals surface area contributed by atoms with Gasteiger partial charge in [0.15, 0.2) is 6.61 Å². The molecule has 0 fully saturated rings.